The summed E-state index contributed by atoms with van der Waals surface area (Å²) >= 11 is 1.63. The van der Waals surface area contributed by atoms with Crippen molar-refractivity contribution in [3.63, 3.8) is 0 Å². The van der Waals surface area contributed by atoms with Crippen molar-refractivity contribution in [3.8, 4) is 0 Å². The Balaban J connectivity index is 1.72. The molecular formula is C20H20N4S. The molecule has 0 atom stereocenters. The number of aromatic nitrogens is 3. The predicted molar refractivity (Wildman–Crippen MR) is 105 cm³/mol. The molecule has 2 aromatic carbocycles. The van der Waals surface area contributed by atoms with Gasteiger partial charge in [-0.2, -0.15) is 9.78 Å². The lowest BCUT2D eigenvalue weighted by atomic mass is 10.1. The molecule has 0 saturated carbocycles. The highest BCUT2D eigenvalue weighted by atomic mass is 32.2. The fourth-order valence-electron chi connectivity index (χ4n) is 2.28. The summed E-state index contributed by atoms with van der Waals surface area (Å²) in [7, 11) is 0. The number of nitrogens with zero attached hydrogens (tertiary/aromatic N) is 4. The molecule has 0 bridgehead atoms. The van der Waals surface area contributed by atoms with Crippen molar-refractivity contribution in [3.05, 3.63) is 83.2 Å². The molecule has 0 N–H and O–H groups in total. The van der Waals surface area contributed by atoms with E-state index in [0.717, 1.165) is 27.9 Å². The van der Waals surface area contributed by atoms with Gasteiger partial charge in [0.1, 0.15) is 0 Å². The first kappa shape index (κ1) is 17.2. The van der Waals surface area contributed by atoms with Gasteiger partial charge in [-0.25, -0.2) is 0 Å². The Morgan fingerprint density at radius 2 is 1.72 bits per heavy atom. The van der Waals surface area contributed by atoms with Crippen LogP contribution in [0.1, 0.15) is 23.9 Å². The molecule has 0 fully saturated rings. The zero-order valence-electron chi connectivity index (χ0n) is 14.3. The van der Waals surface area contributed by atoms with Crippen LogP contribution in [-0.4, -0.2) is 21.1 Å². The molecule has 0 saturated heterocycles. The Bertz CT molecular complexity index is 867. The Hall–Kier alpha value is -2.66. The lowest BCUT2D eigenvalue weighted by Gasteiger charge is -2.02. The molecule has 0 radical (unpaired) electrons. The molecule has 5 heteroatoms. The number of allylic oxidation sites excluding steroid dienone is 1. The molecule has 4 nitrogen and oxygen atoms in total. The van der Waals surface area contributed by atoms with Gasteiger partial charge in [-0.15, -0.1) is 10.2 Å². The minimum atomic E-state index is 0.777. The van der Waals surface area contributed by atoms with Crippen LogP contribution >= 0.6 is 11.8 Å². The third-order valence-electron chi connectivity index (χ3n) is 3.55. The molecule has 0 unspecified atom stereocenters. The van der Waals surface area contributed by atoms with E-state index >= 15 is 0 Å². The van der Waals surface area contributed by atoms with Gasteiger partial charge in [-0.1, -0.05) is 78.5 Å². The lowest BCUT2D eigenvalue weighted by molar-refractivity contribution is 0.744. The van der Waals surface area contributed by atoms with E-state index in [0.29, 0.717) is 0 Å². The van der Waals surface area contributed by atoms with Crippen molar-refractivity contribution >= 4 is 24.1 Å². The van der Waals surface area contributed by atoms with Crippen LogP contribution in [0.25, 0.3) is 6.08 Å². The van der Waals surface area contributed by atoms with Crippen LogP contribution in [0.5, 0.6) is 0 Å². The van der Waals surface area contributed by atoms with Gasteiger partial charge in [0, 0.05) is 5.75 Å². The normalized spacial score (nSPS) is 12.0. The molecule has 1 heterocycles. The Labute approximate surface area is 152 Å². The van der Waals surface area contributed by atoms with Gasteiger partial charge >= 0.3 is 0 Å². The van der Waals surface area contributed by atoms with Crippen molar-refractivity contribution in [2.75, 3.05) is 0 Å². The number of rotatable bonds is 6. The van der Waals surface area contributed by atoms with Gasteiger partial charge in [-0.05, 0) is 30.5 Å². The van der Waals surface area contributed by atoms with Crippen LogP contribution in [-0.2, 0) is 5.75 Å². The van der Waals surface area contributed by atoms with Crippen molar-refractivity contribution in [1.29, 1.82) is 0 Å². The highest BCUT2D eigenvalue weighted by molar-refractivity contribution is 7.98. The van der Waals surface area contributed by atoms with E-state index in [4.69, 9.17) is 0 Å². The Morgan fingerprint density at radius 3 is 2.44 bits per heavy atom. The first-order valence-electron chi connectivity index (χ1n) is 8.09. The number of aryl methyl sites for hydroxylation is 1. The van der Waals surface area contributed by atoms with Crippen molar-refractivity contribution in [1.82, 2.24) is 14.9 Å². The van der Waals surface area contributed by atoms with E-state index in [1.165, 1.54) is 5.56 Å². The summed E-state index contributed by atoms with van der Waals surface area (Å²) in [5, 5.41) is 13.7. The van der Waals surface area contributed by atoms with E-state index < -0.39 is 0 Å². The monoisotopic (exact) mass is 348 g/mol. The van der Waals surface area contributed by atoms with E-state index in [1.807, 2.05) is 56.5 Å². The Morgan fingerprint density at radius 1 is 1.04 bits per heavy atom. The summed E-state index contributed by atoms with van der Waals surface area (Å²) < 4.78 is 1.79. The molecule has 0 aliphatic carbocycles. The second kappa shape index (κ2) is 8.44. The van der Waals surface area contributed by atoms with E-state index in [1.54, 1.807) is 16.4 Å². The smallest absolute Gasteiger partial charge is 0.192 e. The zero-order valence-corrected chi connectivity index (χ0v) is 15.1. The first-order valence-corrected chi connectivity index (χ1v) is 9.07. The molecule has 126 valence electrons. The highest BCUT2D eigenvalue weighted by Gasteiger charge is 2.08. The summed E-state index contributed by atoms with van der Waals surface area (Å²) in [5.41, 5.74) is 3.48. The number of hydrogen-bond donors (Lipinski definition) is 0. The summed E-state index contributed by atoms with van der Waals surface area (Å²) in [6.07, 6.45) is 3.94. The van der Waals surface area contributed by atoms with Gasteiger partial charge in [0.2, 0.25) is 5.16 Å². The molecule has 0 aliphatic heterocycles. The average molecular weight is 348 g/mol. The summed E-state index contributed by atoms with van der Waals surface area (Å²) in [4.78, 5) is 0. The third kappa shape index (κ3) is 4.90. The topological polar surface area (TPSA) is 43.1 Å². The average Bonchev–Trinajstić information content (AvgIpc) is 3.00. The van der Waals surface area contributed by atoms with Gasteiger partial charge < -0.3 is 0 Å². The maximum atomic E-state index is 4.55. The van der Waals surface area contributed by atoms with E-state index in [-0.39, 0.29) is 0 Å². The summed E-state index contributed by atoms with van der Waals surface area (Å²) in [5.74, 6) is 1.62. The number of benzene rings is 2. The van der Waals surface area contributed by atoms with E-state index in [2.05, 4.69) is 45.6 Å². The highest BCUT2D eigenvalue weighted by Crippen LogP contribution is 2.21. The molecule has 25 heavy (non-hydrogen) atoms. The summed E-state index contributed by atoms with van der Waals surface area (Å²) in [6.45, 7) is 3.94. The molecule has 0 spiro atoms. The summed E-state index contributed by atoms with van der Waals surface area (Å²) in [6, 6.07) is 20.5. The largest absolute Gasteiger partial charge is 0.212 e. The fourth-order valence-corrected chi connectivity index (χ4v) is 3.17. The van der Waals surface area contributed by atoms with Crippen molar-refractivity contribution in [2.24, 2.45) is 5.10 Å². The van der Waals surface area contributed by atoms with Crippen LogP contribution in [0.3, 0.4) is 0 Å². The molecule has 0 amide bonds. The Kier molecular flexibility index (Phi) is 5.80. The van der Waals surface area contributed by atoms with Crippen LogP contribution in [0.2, 0.25) is 0 Å². The van der Waals surface area contributed by atoms with Crippen LogP contribution in [0.4, 0.5) is 0 Å². The lowest BCUT2D eigenvalue weighted by Crippen LogP contribution is -1.96. The minimum absolute atomic E-state index is 0.777. The second-order valence-corrected chi connectivity index (χ2v) is 6.60. The van der Waals surface area contributed by atoms with Gasteiger partial charge in [0.05, 0.1) is 6.21 Å². The maximum Gasteiger partial charge on any atom is 0.212 e. The van der Waals surface area contributed by atoms with E-state index in [9.17, 15) is 0 Å². The van der Waals surface area contributed by atoms with Gasteiger partial charge in [0.25, 0.3) is 0 Å². The van der Waals surface area contributed by atoms with Crippen LogP contribution < -0.4 is 0 Å². The second-order valence-electron chi connectivity index (χ2n) is 5.66. The molecule has 1 aromatic heterocycles. The third-order valence-corrected chi connectivity index (χ3v) is 4.54. The van der Waals surface area contributed by atoms with Crippen LogP contribution in [0, 0.1) is 6.92 Å². The van der Waals surface area contributed by atoms with Crippen molar-refractivity contribution < 1.29 is 0 Å². The quantitative estimate of drug-likeness (QED) is 0.474. The fraction of sp³-hybridized carbons (Fsp3) is 0.150. The van der Waals surface area contributed by atoms with Gasteiger partial charge in [0.15, 0.2) is 5.82 Å². The van der Waals surface area contributed by atoms with Crippen molar-refractivity contribution in [2.45, 2.75) is 24.8 Å². The zero-order chi connectivity index (χ0) is 17.5. The molecule has 3 rings (SSSR count). The first-order chi connectivity index (χ1) is 12.2. The SMILES string of the molecule is CC(/C=N\n1c(C)nnc1SCc1ccccc1)=C/c1ccccc1. The minimum Gasteiger partial charge on any atom is -0.192 e. The molecular weight excluding hydrogens is 328 g/mol. The number of thioether (sulfide) groups is 1. The van der Waals surface area contributed by atoms with Crippen LogP contribution in [0.15, 0.2) is 76.5 Å². The number of hydrogen-bond acceptors (Lipinski definition) is 4. The molecule has 0 aliphatic rings. The predicted octanol–water partition coefficient (Wildman–Crippen LogP) is 4.82. The van der Waals surface area contributed by atoms with Gasteiger partial charge in [-0.3, -0.25) is 0 Å². The maximum absolute atomic E-state index is 4.55. The molecule has 3 aromatic rings. The standard InChI is InChI=1S/C20H20N4S/c1-16(13-18-9-5-3-6-10-18)14-21-24-17(2)22-23-20(24)25-15-19-11-7-4-8-12-19/h3-14H,15H2,1-2H3/b16-13-,21-14-.